The van der Waals surface area contributed by atoms with Gasteiger partial charge in [-0.1, -0.05) is 0 Å². The number of aliphatic carboxylic acids is 1. The highest BCUT2D eigenvalue weighted by molar-refractivity contribution is 5.75. The molecule has 0 aromatic carbocycles. The van der Waals surface area contributed by atoms with Crippen LogP contribution in [0.1, 0.15) is 25.7 Å². The van der Waals surface area contributed by atoms with Gasteiger partial charge in [0.1, 0.15) is 0 Å². The summed E-state index contributed by atoms with van der Waals surface area (Å²) in [6, 6.07) is 0. The van der Waals surface area contributed by atoms with Gasteiger partial charge in [-0.05, 0) is 25.3 Å². The van der Waals surface area contributed by atoms with Gasteiger partial charge in [-0.15, -0.1) is 0 Å². The normalized spacial score (nSPS) is 39.5. The third-order valence-electron chi connectivity index (χ3n) is 3.80. The number of hydrogen-bond acceptors (Lipinski definition) is 2. The minimum atomic E-state index is -2.67. The number of carboxylic acid groups (broad SMARTS) is 1. The summed E-state index contributed by atoms with van der Waals surface area (Å²) in [7, 11) is 0. The molecule has 1 aliphatic carbocycles. The van der Waals surface area contributed by atoms with Crippen molar-refractivity contribution in [2.45, 2.75) is 31.6 Å². The molecular weight excluding hydrogens is 204 g/mol. The van der Waals surface area contributed by atoms with Crippen molar-refractivity contribution in [1.29, 1.82) is 0 Å². The molecule has 2 aliphatic rings. The molecule has 0 amide bonds. The summed E-state index contributed by atoms with van der Waals surface area (Å²) < 4.78 is 26.4. The maximum Gasteiger partial charge on any atom is 0.311 e. The van der Waals surface area contributed by atoms with Crippen molar-refractivity contribution in [3.05, 3.63) is 0 Å². The SMILES string of the molecule is O=C(O)C12CCC(F)(F)CC1CCNC2. The van der Waals surface area contributed by atoms with Gasteiger partial charge in [0.25, 0.3) is 0 Å². The highest BCUT2D eigenvalue weighted by atomic mass is 19.3. The largest absolute Gasteiger partial charge is 0.481 e. The first kappa shape index (κ1) is 10.8. The van der Waals surface area contributed by atoms with E-state index >= 15 is 0 Å². The van der Waals surface area contributed by atoms with Crippen LogP contribution in [0.25, 0.3) is 0 Å². The summed E-state index contributed by atoms with van der Waals surface area (Å²) >= 11 is 0. The van der Waals surface area contributed by atoms with Crippen LogP contribution >= 0.6 is 0 Å². The highest BCUT2D eigenvalue weighted by Crippen LogP contribution is 2.50. The van der Waals surface area contributed by atoms with Gasteiger partial charge in [-0.25, -0.2) is 8.78 Å². The van der Waals surface area contributed by atoms with E-state index in [9.17, 15) is 18.7 Å². The number of nitrogens with one attached hydrogen (secondary N) is 1. The quantitative estimate of drug-likeness (QED) is 0.702. The lowest BCUT2D eigenvalue weighted by atomic mass is 9.62. The Balaban J connectivity index is 2.23. The van der Waals surface area contributed by atoms with Crippen LogP contribution in [0, 0.1) is 11.3 Å². The molecule has 0 aromatic rings. The zero-order valence-electron chi connectivity index (χ0n) is 8.43. The molecule has 0 aromatic heterocycles. The van der Waals surface area contributed by atoms with E-state index in [4.69, 9.17) is 0 Å². The molecule has 15 heavy (non-hydrogen) atoms. The number of alkyl halides is 2. The maximum absolute atomic E-state index is 13.2. The van der Waals surface area contributed by atoms with Crippen LogP contribution in [-0.2, 0) is 4.79 Å². The maximum atomic E-state index is 13.2. The topological polar surface area (TPSA) is 49.3 Å². The van der Waals surface area contributed by atoms with Crippen molar-refractivity contribution < 1.29 is 18.7 Å². The van der Waals surface area contributed by atoms with Crippen molar-refractivity contribution in [2.75, 3.05) is 13.1 Å². The molecule has 0 bridgehead atoms. The first-order valence-electron chi connectivity index (χ1n) is 5.28. The monoisotopic (exact) mass is 219 g/mol. The molecule has 2 atom stereocenters. The Morgan fingerprint density at radius 3 is 2.80 bits per heavy atom. The first-order valence-corrected chi connectivity index (χ1v) is 5.28. The molecule has 2 rings (SSSR count). The Morgan fingerprint density at radius 2 is 2.13 bits per heavy atom. The predicted molar refractivity (Wildman–Crippen MR) is 49.8 cm³/mol. The van der Waals surface area contributed by atoms with Gasteiger partial charge in [-0.3, -0.25) is 4.79 Å². The molecule has 2 N–H and O–H groups in total. The summed E-state index contributed by atoms with van der Waals surface area (Å²) in [6.07, 6.45) is 0.0767. The van der Waals surface area contributed by atoms with E-state index in [-0.39, 0.29) is 25.2 Å². The van der Waals surface area contributed by atoms with Crippen molar-refractivity contribution in [3.63, 3.8) is 0 Å². The van der Waals surface area contributed by atoms with Gasteiger partial charge in [0, 0.05) is 19.4 Å². The van der Waals surface area contributed by atoms with Gasteiger partial charge < -0.3 is 10.4 Å². The van der Waals surface area contributed by atoms with Crippen molar-refractivity contribution in [1.82, 2.24) is 5.32 Å². The van der Waals surface area contributed by atoms with E-state index < -0.39 is 17.3 Å². The first-order chi connectivity index (χ1) is 6.96. The third-order valence-corrected chi connectivity index (χ3v) is 3.80. The Morgan fingerprint density at radius 1 is 1.40 bits per heavy atom. The second-order valence-electron chi connectivity index (χ2n) is 4.68. The minimum Gasteiger partial charge on any atom is -0.481 e. The number of carboxylic acids is 1. The summed E-state index contributed by atoms with van der Waals surface area (Å²) in [5.41, 5.74) is -0.945. The average Bonchev–Trinajstić information content (AvgIpc) is 2.16. The number of halogens is 2. The Kier molecular flexibility index (Phi) is 2.45. The van der Waals surface area contributed by atoms with Gasteiger partial charge in [0.05, 0.1) is 5.41 Å². The van der Waals surface area contributed by atoms with Crippen LogP contribution in [0.3, 0.4) is 0 Å². The molecule has 1 heterocycles. The number of piperidine rings is 1. The predicted octanol–water partition coefficient (Wildman–Crippen LogP) is 1.49. The number of carbonyl (C=O) groups is 1. The lowest BCUT2D eigenvalue weighted by Gasteiger charge is -2.46. The van der Waals surface area contributed by atoms with Crippen molar-refractivity contribution in [3.8, 4) is 0 Å². The molecule has 1 aliphatic heterocycles. The number of hydrogen-bond donors (Lipinski definition) is 2. The molecule has 0 radical (unpaired) electrons. The van der Waals surface area contributed by atoms with Crippen LogP contribution in [0.15, 0.2) is 0 Å². The Hall–Kier alpha value is -0.710. The zero-order chi connectivity index (χ0) is 11.1. The lowest BCUT2D eigenvalue weighted by molar-refractivity contribution is -0.167. The summed E-state index contributed by atoms with van der Waals surface area (Å²) in [4.78, 5) is 11.2. The summed E-state index contributed by atoms with van der Waals surface area (Å²) in [5.74, 6) is -3.96. The fourth-order valence-electron chi connectivity index (χ4n) is 2.82. The van der Waals surface area contributed by atoms with E-state index in [2.05, 4.69) is 5.32 Å². The smallest absolute Gasteiger partial charge is 0.311 e. The molecule has 1 saturated heterocycles. The van der Waals surface area contributed by atoms with E-state index in [1.807, 2.05) is 0 Å². The average molecular weight is 219 g/mol. The fourth-order valence-corrected chi connectivity index (χ4v) is 2.82. The Bertz CT molecular complexity index is 283. The standard InChI is InChI=1S/C10H15F2NO2/c11-10(12)3-2-9(8(14)15)6-13-4-1-7(9)5-10/h7,13H,1-6H2,(H,14,15). The van der Waals surface area contributed by atoms with Gasteiger partial charge in [0.2, 0.25) is 5.92 Å². The van der Waals surface area contributed by atoms with Crippen LogP contribution in [0.2, 0.25) is 0 Å². The van der Waals surface area contributed by atoms with Crippen molar-refractivity contribution in [2.24, 2.45) is 11.3 Å². The highest BCUT2D eigenvalue weighted by Gasteiger charge is 2.55. The summed E-state index contributed by atoms with van der Waals surface area (Å²) in [5, 5.41) is 12.2. The number of rotatable bonds is 1. The van der Waals surface area contributed by atoms with Crippen LogP contribution < -0.4 is 5.32 Å². The molecule has 1 saturated carbocycles. The van der Waals surface area contributed by atoms with Crippen LogP contribution in [0.5, 0.6) is 0 Å². The second kappa shape index (κ2) is 3.40. The van der Waals surface area contributed by atoms with Crippen molar-refractivity contribution >= 4 is 5.97 Å². The lowest BCUT2D eigenvalue weighted by Crippen LogP contribution is -2.55. The van der Waals surface area contributed by atoms with E-state index in [1.165, 1.54) is 0 Å². The molecule has 2 fully saturated rings. The molecule has 86 valence electrons. The van der Waals surface area contributed by atoms with Gasteiger partial charge in [-0.2, -0.15) is 0 Å². The zero-order valence-corrected chi connectivity index (χ0v) is 8.43. The minimum absolute atomic E-state index is 0.0903. The molecule has 0 spiro atoms. The third kappa shape index (κ3) is 1.73. The molecule has 5 heteroatoms. The van der Waals surface area contributed by atoms with E-state index in [1.54, 1.807) is 0 Å². The van der Waals surface area contributed by atoms with Gasteiger partial charge >= 0.3 is 5.97 Å². The Labute approximate surface area is 86.8 Å². The molecular formula is C10H15F2NO2. The van der Waals surface area contributed by atoms with Crippen LogP contribution in [0.4, 0.5) is 8.78 Å². The van der Waals surface area contributed by atoms with E-state index in [0.717, 1.165) is 0 Å². The summed E-state index contributed by atoms with van der Waals surface area (Å²) in [6.45, 7) is 0.985. The van der Waals surface area contributed by atoms with Gasteiger partial charge in [0.15, 0.2) is 0 Å². The molecule has 3 nitrogen and oxygen atoms in total. The fraction of sp³-hybridized carbons (Fsp3) is 0.900. The second-order valence-corrected chi connectivity index (χ2v) is 4.68. The van der Waals surface area contributed by atoms with E-state index in [0.29, 0.717) is 19.5 Å². The molecule has 2 unspecified atom stereocenters. The number of fused-ring (bicyclic) bond motifs is 1. The van der Waals surface area contributed by atoms with Crippen LogP contribution in [-0.4, -0.2) is 30.1 Å².